The number of aliphatic hydroxyl groups excluding tert-OH is 1. The second kappa shape index (κ2) is 14.1. The first kappa shape index (κ1) is 29.4. The second-order valence-corrected chi connectivity index (χ2v) is 11.0. The van der Waals surface area contributed by atoms with E-state index in [1.165, 1.54) is 20.1 Å². The molecule has 0 unspecified atom stereocenters. The molecule has 1 amide bonds. The number of alkyl carbamates (subject to hydrolysis) is 1. The van der Waals surface area contributed by atoms with Gasteiger partial charge in [0.25, 0.3) is 0 Å². The Bertz CT molecular complexity index is 1190. The Balaban J connectivity index is 1.95. The Hall–Kier alpha value is -3.17. The van der Waals surface area contributed by atoms with Gasteiger partial charge < -0.3 is 24.6 Å². The molecule has 0 bridgehead atoms. The molecular weight excluding hydrogens is 510 g/mol. The van der Waals surface area contributed by atoms with E-state index in [1.54, 1.807) is 36.4 Å². The van der Waals surface area contributed by atoms with Crippen LogP contribution < -0.4 is 10.1 Å². The highest BCUT2D eigenvalue weighted by molar-refractivity contribution is 7.89. The number of unbranched alkanes of at least 4 members (excludes halogenated alkanes) is 2. The first-order chi connectivity index (χ1) is 18.3. The summed E-state index contributed by atoms with van der Waals surface area (Å²) in [4.78, 5) is 12.7. The van der Waals surface area contributed by atoms with Gasteiger partial charge in [0.2, 0.25) is 10.0 Å². The van der Waals surface area contributed by atoms with Crippen molar-refractivity contribution in [1.82, 2.24) is 9.62 Å². The minimum atomic E-state index is -4.23. The Labute approximate surface area is 224 Å². The number of aryl methyl sites for hydroxylation is 1. The van der Waals surface area contributed by atoms with Crippen molar-refractivity contribution >= 4 is 16.1 Å². The number of aliphatic hydroxyl groups is 1. The summed E-state index contributed by atoms with van der Waals surface area (Å²) in [6, 6.07) is 15.6. The van der Waals surface area contributed by atoms with Gasteiger partial charge in [-0.1, -0.05) is 30.3 Å². The van der Waals surface area contributed by atoms with Crippen molar-refractivity contribution in [3.05, 3.63) is 59.7 Å². The van der Waals surface area contributed by atoms with E-state index in [0.717, 1.165) is 4.31 Å². The Morgan fingerprint density at radius 3 is 2.66 bits per heavy atom. The molecule has 11 heteroatoms. The molecule has 0 aliphatic carbocycles. The van der Waals surface area contributed by atoms with Crippen molar-refractivity contribution in [1.29, 1.82) is 5.26 Å². The number of nitriles is 1. The van der Waals surface area contributed by atoms with Crippen molar-refractivity contribution in [2.24, 2.45) is 0 Å². The summed E-state index contributed by atoms with van der Waals surface area (Å²) >= 11 is 0. The number of carbonyl (C=O) groups is 1. The van der Waals surface area contributed by atoms with Crippen molar-refractivity contribution < 1.29 is 32.5 Å². The molecule has 0 aromatic heterocycles. The Morgan fingerprint density at radius 1 is 1.26 bits per heavy atom. The van der Waals surface area contributed by atoms with Gasteiger partial charge in [-0.2, -0.15) is 9.57 Å². The SMILES string of the molecule is COc1ccc(S(=O)(=O)N(Cc2ccccc2)[C@H](NC(=O)O[C@H]2CCOC2)[C@@H](C)O)cc1CCCCC#N. The number of carbonyl (C=O) groups excluding carboxylic acids is 1. The van der Waals surface area contributed by atoms with Gasteiger partial charge in [-0.15, -0.1) is 0 Å². The molecule has 0 spiro atoms. The van der Waals surface area contributed by atoms with E-state index in [-0.39, 0.29) is 18.0 Å². The maximum Gasteiger partial charge on any atom is 0.408 e. The second-order valence-electron chi connectivity index (χ2n) is 9.10. The number of sulfonamides is 1. The molecule has 1 fully saturated rings. The van der Waals surface area contributed by atoms with Crippen molar-refractivity contribution in [2.75, 3.05) is 20.3 Å². The predicted octanol–water partition coefficient (Wildman–Crippen LogP) is 3.34. The van der Waals surface area contributed by atoms with Gasteiger partial charge in [0, 0.05) is 19.4 Å². The minimum absolute atomic E-state index is 0.00507. The summed E-state index contributed by atoms with van der Waals surface area (Å²) in [6.07, 6.45) is -0.991. The largest absolute Gasteiger partial charge is 0.496 e. The molecule has 1 heterocycles. The van der Waals surface area contributed by atoms with Gasteiger partial charge >= 0.3 is 6.09 Å². The van der Waals surface area contributed by atoms with Crippen LogP contribution >= 0.6 is 0 Å². The van der Waals surface area contributed by atoms with Crippen LogP contribution in [0.5, 0.6) is 5.75 Å². The zero-order valence-corrected chi connectivity index (χ0v) is 22.5. The molecule has 38 heavy (non-hydrogen) atoms. The van der Waals surface area contributed by atoms with Gasteiger partial charge in [0.1, 0.15) is 18.0 Å². The Morgan fingerprint density at radius 2 is 2.03 bits per heavy atom. The lowest BCUT2D eigenvalue weighted by molar-refractivity contribution is 0.0507. The molecule has 1 saturated heterocycles. The number of rotatable bonds is 13. The summed E-state index contributed by atoms with van der Waals surface area (Å²) < 4.78 is 45.2. The van der Waals surface area contributed by atoms with Crippen LogP contribution in [0.15, 0.2) is 53.4 Å². The van der Waals surface area contributed by atoms with E-state index in [4.69, 9.17) is 19.5 Å². The standard InChI is InChI=1S/C27H35N3O7S/c1-20(31)26(29-27(32)37-23-14-16-36-19-23)30(18-21-9-5-3-6-10-21)38(33,34)24-12-13-25(35-2)22(17-24)11-7-4-8-15-28/h3,5-6,9-10,12-13,17,20,23,26,31H,4,7-8,11,14,16,18-19H2,1-2H3,(H,29,32)/t20-,23+,26+/m1/s1. The third kappa shape index (κ3) is 7.91. The first-order valence-corrected chi connectivity index (χ1v) is 14.0. The number of amides is 1. The fraction of sp³-hybridized carbons (Fsp3) is 0.481. The first-order valence-electron chi connectivity index (χ1n) is 12.6. The predicted molar refractivity (Wildman–Crippen MR) is 140 cm³/mol. The maximum absolute atomic E-state index is 14.1. The number of hydrogen-bond acceptors (Lipinski definition) is 8. The highest BCUT2D eigenvalue weighted by atomic mass is 32.2. The highest BCUT2D eigenvalue weighted by Crippen LogP contribution is 2.28. The monoisotopic (exact) mass is 545 g/mol. The summed E-state index contributed by atoms with van der Waals surface area (Å²) in [5.74, 6) is 0.545. The number of nitrogens with zero attached hydrogens (tertiary/aromatic N) is 2. The van der Waals surface area contributed by atoms with Crippen LogP contribution in [-0.2, 0) is 32.5 Å². The van der Waals surface area contributed by atoms with Crippen LogP contribution in [0.4, 0.5) is 4.79 Å². The average Bonchev–Trinajstić information content (AvgIpc) is 3.41. The van der Waals surface area contributed by atoms with Gasteiger partial charge in [0.05, 0.1) is 37.4 Å². The number of ether oxygens (including phenoxy) is 3. The van der Waals surface area contributed by atoms with Gasteiger partial charge in [0.15, 0.2) is 0 Å². The van der Waals surface area contributed by atoms with E-state index >= 15 is 0 Å². The molecule has 3 atom stereocenters. The van der Waals surface area contributed by atoms with Crippen molar-refractivity contribution in [3.63, 3.8) is 0 Å². The fourth-order valence-electron chi connectivity index (χ4n) is 4.21. The van der Waals surface area contributed by atoms with Crippen molar-refractivity contribution in [2.45, 2.75) is 68.8 Å². The molecule has 0 radical (unpaired) electrons. The molecule has 2 N–H and O–H groups in total. The van der Waals surface area contributed by atoms with Crippen LogP contribution in [-0.4, -0.2) is 62.6 Å². The maximum atomic E-state index is 14.1. The number of benzene rings is 2. The van der Waals surface area contributed by atoms with E-state index in [2.05, 4.69) is 11.4 Å². The summed E-state index contributed by atoms with van der Waals surface area (Å²) in [5, 5.41) is 22.0. The highest BCUT2D eigenvalue weighted by Gasteiger charge is 2.37. The van der Waals surface area contributed by atoms with Gasteiger partial charge in [-0.25, -0.2) is 13.2 Å². The molecule has 2 aromatic carbocycles. The quantitative estimate of drug-likeness (QED) is 0.289. The molecule has 10 nitrogen and oxygen atoms in total. The zero-order chi connectivity index (χ0) is 27.5. The smallest absolute Gasteiger partial charge is 0.408 e. The lowest BCUT2D eigenvalue weighted by Crippen LogP contribution is -2.56. The molecule has 1 aliphatic rings. The normalized spacial score (nSPS) is 17.0. The zero-order valence-electron chi connectivity index (χ0n) is 21.7. The molecule has 2 aromatic rings. The molecule has 206 valence electrons. The molecule has 1 aliphatic heterocycles. The third-order valence-electron chi connectivity index (χ3n) is 6.22. The van der Waals surface area contributed by atoms with Gasteiger partial charge in [-0.05, 0) is 55.5 Å². The number of methoxy groups -OCH3 is 1. The van der Waals surface area contributed by atoms with E-state index in [1.807, 2.05) is 6.07 Å². The average molecular weight is 546 g/mol. The molecule has 0 saturated carbocycles. The van der Waals surface area contributed by atoms with Crippen molar-refractivity contribution in [3.8, 4) is 11.8 Å². The lowest BCUT2D eigenvalue weighted by Gasteiger charge is -2.33. The summed E-state index contributed by atoms with van der Waals surface area (Å²) in [5.41, 5.74) is 1.36. The van der Waals surface area contributed by atoms with Crippen LogP contribution in [0.2, 0.25) is 0 Å². The van der Waals surface area contributed by atoms with E-state index < -0.39 is 34.5 Å². The minimum Gasteiger partial charge on any atom is -0.496 e. The fourth-order valence-corrected chi connectivity index (χ4v) is 5.86. The van der Waals surface area contributed by atoms with E-state index in [9.17, 15) is 18.3 Å². The number of nitrogens with one attached hydrogen (secondary N) is 1. The third-order valence-corrected chi connectivity index (χ3v) is 8.04. The number of hydrogen-bond donors (Lipinski definition) is 2. The Kier molecular flexibility index (Phi) is 10.9. The van der Waals surface area contributed by atoms with Gasteiger partial charge in [-0.3, -0.25) is 0 Å². The lowest BCUT2D eigenvalue weighted by atomic mass is 10.1. The van der Waals surface area contributed by atoms with Crippen LogP contribution in [0.25, 0.3) is 0 Å². The van der Waals surface area contributed by atoms with Crippen LogP contribution in [0, 0.1) is 11.3 Å². The molecule has 3 rings (SSSR count). The van der Waals surface area contributed by atoms with Crippen LogP contribution in [0.3, 0.4) is 0 Å². The van der Waals surface area contributed by atoms with E-state index in [0.29, 0.717) is 55.6 Å². The summed E-state index contributed by atoms with van der Waals surface area (Å²) in [7, 11) is -2.72. The topological polar surface area (TPSA) is 138 Å². The molecular formula is C27H35N3O7S. The summed E-state index contributed by atoms with van der Waals surface area (Å²) in [6.45, 7) is 2.05. The van der Waals surface area contributed by atoms with Crippen LogP contribution in [0.1, 0.15) is 43.7 Å².